The third-order valence-electron chi connectivity index (χ3n) is 6.66. The van der Waals surface area contributed by atoms with E-state index in [4.69, 9.17) is 16.3 Å². The van der Waals surface area contributed by atoms with Crippen LogP contribution in [0.2, 0.25) is 5.02 Å². The van der Waals surface area contributed by atoms with Crippen LogP contribution >= 0.6 is 11.6 Å². The number of Topliss-reactive ketones (excluding diaryl/α,β-unsaturated/α-hetero) is 1. The fourth-order valence-corrected chi connectivity index (χ4v) is 4.91. The quantitative estimate of drug-likeness (QED) is 0.247. The number of esters is 1. The molecule has 1 aliphatic heterocycles. The molecule has 1 aliphatic carbocycles. The van der Waals surface area contributed by atoms with E-state index >= 15 is 0 Å². The van der Waals surface area contributed by atoms with Gasteiger partial charge in [0, 0.05) is 35.1 Å². The van der Waals surface area contributed by atoms with E-state index in [0.717, 1.165) is 21.9 Å². The first-order chi connectivity index (χ1) is 16.3. The Hall–Kier alpha value is -3.19. The summed E-state index contributed by atoms with van der Waals surface area (Å²) in [6, 6.07) is 9.31. The number of nitrogens with zero attached hydrogens (tertiary/aromatic N) is 2. The second kappa shape index (κ2) is 9.97. The number of ketones is 1. The first-order valence-corrected chi connectivity index (χ1v) is 11.7. The first kappa shape index (κ1) is 24.0. The van der Waals surface area contributed by atoms with Crippen LogP contribution in [0.5, 0.6) is 0 Å². The molecule has 0 radical (unpaired) electrons. The highest BCUT2D eigenvalue weighted by Crippen LogP contribution is 2.35. The molecule has 2 heterocycles. The summed E-state index contributed by atoms with van der Waals surface area (Å²) in [7, 11) is 0. The van der Waals surface area contributed by atoms with Crippen LogP contribution in [-0.2, 0) is 25.7 Å². The second-order valence-corrected chi connectivity index (χ2v) is 9.19. The van der Waals surface area contributed by atoms with Crippen molar-refractivity contribution in [2.75, 3.05) is 13.2 Å². The van der Waals surface area contributed by atoms with Crippen LogP contribution in [-0.4, -0.2) is 46.2 Å². The summed E-state index contributed by atoms with van der Waals surface area (Å²) < 4.78 is 7.16. The van der Waals surface area contributed by atoms with Crippen molar-refractivity contribution in [1.29, 1.82) is 0 Å². The number of ether oxygens (including phenoxy) is 1. The van der Waals surface area contributed by atoms with Gasteiger partial charge >= 0.3 is 5.97 Å². The van der Waals surface area contributed by atoms with Gasteiger partial charge in [0.05, 0.1) is 18.3 Å². The molecule has 34 heavy (non-hydrogen) atoms. The molecule has 0 unspecified atom stereocenters. The summed E-state index contributed by atoms with van der Waals surface area (Å²) in [6.45, 7) is 3.86. The molecule has 2 amide bonds. The lowest BCUT2D eigenvalue weighted by Crippen LogP contribution is -2.33. The van der Waals surface area contributed by atoms with Crippen molar-refractivity contribution >= 4 is 35.2 Å². The van der Waals surface area contributed by atoms with Crippen LogP contribution in [0.15, 0.2) is 42.5 Å². The van der Waals surface area contributed by atoms with E-state index in [1.165, 1.54) is 0 Å². The van der Waals surface area contributed by atoms with Gasteiger partial charge in [-0.05, 0) is 44.4 Å². The van der Waals surface area contributed by atoms with Gasteiger partial charge in [0.15, 0.2) is 6.61 Å². The second-order valence-electron chi connectivity index (χ2n) is 8.78. The molecule has 2 atom stereocenters. The molecule has 0 spiro atoms. The van der Waals surface area contributed by atoms with Crippen LogP contribution < -0.4 is 0 Å². The maximum absolute atomic E-state index is 12.7. The molecule has 0 saturated carbocycles. The smallest absolute Gasteiger partial charge is 0.308 e. The molecule has 0 N–H and O–H groups in total. The number of aromatic nitrogens is 1. The number of hydrogen-bond acceptors (Lipinski definition) is 5. The monoisotopic (exact) mass is 482 g/mol. The SMILES string of the molecule is Cc1cc(C(=O)COC(=O)CCN2C(=O)[C@H]3CC=CC[C@H]3C2=O)c(C)n1Cc1ccccc1Cl. The lowest BCUT2D eigenvalue weighted by atomic mass is 9.85. The van der Waals surface area contributed by atoms with E-state index in [9.17, 15) is 19.2 Å². The van der Waals surface area contributed by atoms with Crippen molar-refractivity contribution in [2.24, 2.45) is 11.8 Å². The van der Waals surface area contributed by atoms with E-state index in [1.807, 2.05) is 54.8 Å². The molecule has 1 fully saturated rings. The predicted molar refractivity (Wildman–Crippen MR) is 126 cm³/mol. The first-order valence-electron chi connectivity index (χ1n) is 11.4. The van der Waals surface area contributed by atoms with Crippen molar-refractivity contribution in [3.8, 4) is 0 Å². The molecule has 1 saturated heterocycles. The van der Waals surface area contributed by atoms with E-state index < -0.39 is 12.6 Å². The molecule has 8 heteroatoms. The Morgan fingerprint density at radius 1 is 1.06 bits per heavy atom. The molecule has 7 nitrogen and oxygen atoms in total. The number of fused-ring (bicyclic) bond motifs is 1. The van der Waals surface area contributed by atoms with Crippen LogP contribution in [0.25, 0.3) is 0 Å². The summed E-state index contributed by atoms with van der Waals surface area (Å²) >= 11 is 6.28. The number of likely N-dealkylation sites (tertiary alicyclic amines) is 1. The Labute approximate surface area is 203 Å². The molecule has 1 aromatic heterocycles. The molecule has 2 aromatic rings. The number of carbonyl (C=O) groups is 4. The number of hydrogen-bond donors (Lipinski definition) is 0. The zero-order chi connectivity index (χ0) is 24.4. The van der Waals surface area contributed by atoms with Gasteiger partial charge in [-0.25, -0.2) is 0 Å². The summed E-state index contributed by atoms with van der Waals surface area (Å²) in [4.78, 5) is 51.1. The number of allylic oxidation sites excluding steroid dienone is 2. The average Bonchev–Trinajstić information content (AvgIpc) is 3.25. The zero-order valence-corrected chi connectivity index (χ0v) is 20.0. The Kier molecular flexibility index (Phi) is 7.03. The van der Waals surface area contributed by atoms with E-state index in [0.29, 0.717) is 30.0 Å². The molecular formula is C26H27ClN2O5. The van der Waals surface area contributed by atoms with Crippen molar-refractivity contribution < 1.29 is 23.9 Å². The van der Waals surface area contributed by atoms with Crippen LogP contribution in [0, 0.1) is 25.7 Å². The standard InChI is InChI=1S/C26H27ClN2O5/c1-16-13-21(17(2)29(16)14-18-7-3-6-10-22(18)27)23(30)15-34-24(31)11-12-28-25(32)19-8-4-5-9-20(19)26(28)33/h3-7,10,13,19-20H,8-9,11-12,14-15H2,1-2H3/t19-,20+. The van der Waals surface area contributed by atoms with Crippen LogP contribution in [0.4, 0.5) is 0 Å². The Balaban J connectivity index is 1.32. The minimum absolute atomic E-state index is 0.0238. The molecule has 1 aromatic carbocycles. The topological polar surface area (TPSA) is 85.7 Å². The van der Waals surface area contributed by atoms with Gasteiger partial charge < -0.3 is 9.30 Å². The number of benzene rings is 1. The molecular weight excluding hydrogens is 456 g/mol. The molecule has 2 aliphatic rings. The van der Waals surface area contributed by atoms with Crippen LogP contribution in [0.1, 0.15) is 46.6 Å². The number of carbonyl (C=O) groups excluding carboxylic acids is 4. The van der Waals surface area contributed by atoms with E-state index in [1.54, 1.807) is 6.07 Å². The highest BCUT2D eigenvalue weighted by molar-refractivity contribution is 6.31. The maximum atomic E-state index is 12.7. The number of imide groups is 1. The third kappa shape index (κ3) is 4.71. The lowest BCUT2D eigenvalue weighted by molar-refractivity contribution is -0.145. The number of rotatable bonds is 8. The van der Waals surface area contributed by atoms with Gasteiger partial charge in [0.25, 0.3) is 0 Å². The lowest BCUT2D eigenvalue weighted by Gasteiger charge is -2.14. The summed E-state index contributed by atoms with van der Waals surface area (Å²) in [5, 5.41) is 0.655. The minimum Gasteiger partial charge on any atom is -0.457 e. The number of amides is 2. The number of aryl methyl sites for hydroxylation is 1. The fourth-order valence-electron chi connectivity index (χ4n) is 4.71. The largest absolute Gasteiger partial charge is 0.457 e. The van der Waals surface area contributed by atoms with E-state index in [-0.39, 0.29) is 42.4 Å². The van der Waals surface area contributed by atoms with Crippen molar-refractivity contribution in [3.63, 3.8) is 0 Å². The van der Waals surface area contributed by atoms with Crippen LogP contribution in [0.3, 0.4) is 0 Å². The fraction of sp³-hybridized carbons (Fsp3) is 0.385. The number of halogens is 1. The zero-order valence-electron chi connectivity index (χ0n) is 19.3. The maximum Gasteiger partial charge on any atom is 0.308 e. The van der Waals surface area contributed by atoms with Gasteiger partial charge in [0.1, 0.15) is 0 Å². The van der Waals surface area contributed by atoms with Gasteiger partial charge in [0.2, 0.25) is 17.6 Å². The summed E-state index contributed by atoms with van der Waals surface area (Å²) in [6.07, 6.45) is 4.81. The summed E-state index contributed by atoms with van der Waals surface area (Å²) in [5.74, 6) is -2.03. The Bertz CT molecular complexity index is 1160. The third-order valence-corrected chi connectivity index (χ3v) is 7.03. The van der Waals surface area contributed by atoms with Gasteiger partial charge in [-0.3, -0.25) is 24.1 Å². The van der Waals surface area contributed by atoms with Crippen molar-refractivity contribution in [2.45, 2.75) is 39.7 Å². The highest BCUT2D eigenvalue weighted by atomic mass is 35.5. The molecule has 0 bridgehead atoms. The normalized spacial score (nSPS) is 19.4. The predicted octanol–water partition coefficient (Wildman–Crippen LogP) is 3.87. The summed E-state index contributed by atoms with van der Waals surface area (Å²) in [5.41, 5.74) is 3.09. The van der Waals surface area contributed by atoms with Gasteiger partial charge in [-0.15, -0.1) is 0 Å². The van der Waals surface area contributed by atoms with E-state index in [2.05, 4.69) is 0 Å². The molecule has 178 valence electrons. The average molecular weight is 483 g/mol. The minimum atomic E-state index is -0.619. The molecule has 4 rings (SSSR count). The van der Waals surface area contributed by atoms with Gasteiger partial charge in [-0.1, -0.05) is 42.0 Å². The van der Waals surface area contributed by atoms with Gasteiger partial charge in [-0.2, -0.15) is 0 Å². The Morgan fingerprint density at radius 3 is 2.35 bits per heavy atom. The van der Waals surface area contributed by atoms with Crippen molar-refractivity contribution in [3.05, 3.63) is 70.0 Å². The highest BCUT2D eigenvalue weighted by Gasteiger charge is 2.46. The van der Waals surface area contributed by atoms with Crippen molar-refractivity contribution in [1.82, 2.24) is 9.47 Å². The Morgan fingerprint density at radius 2 is 1.71 bits per heavy atom.